The molecular formula is C20H33N3O2S. The van der Waals surface area contributed by atoms with Crippen molar-refractivity contribution < 1.29 is 9.84 Å². The van der Waals surface area contributed by atoms with Gasteiger partial charge in [-0.2, -0.15) is 0 Å². The Balaban J connectivity index is 1.53. The lowest BCUT2D eigenvalue weighted by Gasteiger charge is -2.29. The van der Waals surface area contributed by atoms with Gasteiger partial charge >= 0.3 is 0 Å². The van der Waals surface area contributed by atoms with E-state index in [1.54, 1.807) is 11.9 Å². The minimum atomic E-state index is 0.0278. The highest BCUT2D eigenvalue weighted by Gasteiger charge is 2.34. The third-order valence-corrected chi connectivity index (χ3v) is 6.99. The third-order valence-electron chi connectivity index (χ3n) is 5.76. The van der Waals surface area contributed by atoms with Gasteiger partial charge in [-0.3, -0.25) is 4.99 Å². The van der Waals surface area contributed by atoms with Crippen LogP contribution in [0.5, 0.6) is 0 Å². The molecule has 1 unspecified atom stereocenters. The first-order valence-electron chi connectivity index (χ1n) is 9.69. The van der Waals surface area contributed by atoms with Gasteiger partial charge in [-0.25, -0.2) is 0 Å². The second-order valence-corrected chi connectivity index (χ2v) is 9.78. The Bertz CT molecular complexity index is 633. The maximum absolute atomic E-state index is 9.36. The van der Waals surface area contributed by atoms with Crippen molar-refractivity contribution in [2.24, 2.45) is 15.8 Å². The number of hydrogen-bond donors (Lipinski definition) is 3. The van der Waals surface area contributed by atoms with Crippen molar-refractivity contribution in [2.45, 2.75) is 52.5 Å². The number of aryl methyl sites for hydroxylation is 1. The summed E-state index contributed by atoms with van der Waals surface area (Å²) >= 11 is 1.94. The zero-order valence-electron chi connectivity index (χ0n) is 16.4. The number of aliphatic hydroxyl groups is 1. The Hall–Kier alpha value is -1.11. The number of nitrogens with one attached hydrogen (secondary N) is 2. The van der Waals surface area contributed by atoms with Gasteiger partial charge in [0.25, 0.3) is 0 Å². The molecule has 0 saturated carbocycles. The molecule has 1 aromatic heterocycles. The van der Waals surface area contributed by atoms with Gasteiger partial charge < -0.3 is 20.5 Å². The molecule has 1 atom stereocenters. The molecule has 0 amide bonds. The number of aliphatic hydroxyl groups excluding tert-OH is 1. The average molecular weight is 380 g/mol. The maximum Gasteiger partial charge on any atom is 0.191 e. The van der Waals surface area contributed by atoms with Crippen LogP contribution in [0.25, 0.3) is 0 Å². The average Bonchev–Trinajstić information content (AvgIpc) is 3.21. The largest absolute Gasteiger partial charge is 0.396 e. The van der Waals surface area contributed by atoms with Crippen LogP contribution in [-0.4, -0.2) is 44.5 Å². The monoisotopic (exact) mass is 379 g/mol. The quantitative estimate of drug-likeness (QED) is 0.525. The molecule has 0 bridgehead atoms. The zero-order valence-corrected chi connectivity index (χ0v) is 17.2. The summed E-state index contributed by atoms with van der Waals surface area (Å²) in [5.74, 6) is 0.820. The fraction of sp³-hybridized carbons (Fsp3) is 0.750. The minimum Gasteiger partial charge on any atom is -0.396 e. The summed E-state index contributed by atoms with van der Waals surface area (Å²) in [7, 11) is 1.81. The second kappa shape index (κ2) is 8.28. The normalized spacial score (nSPS) is 25.2. The van der Waals surface area contributed by atoms with Crippen LogP contribution >= 0.6 is 11.3 Å². The van der Waals surface area contributed by atoms with Crippen molar-refractivity contribution in [2.75, 3.05) is 33.4 Å². The van der Waals surface area contributed by atoms with Crippen molar-refractivity contribution in [3.05, 3.63) is 21.4 Å². The van der Waals surface area contributed by atoms with Crippen LogP contribution in [0, 0.1) is 10.8 Å². The molecule has 1 aromatic rings. The highest BCUT2D eigenvalue weighted by atomic mass is 32.1. The first-order chi connectivity index (χ1) is 12.5. The molecule has 26 heavy (non-hydrogen) atoms. The summed E-state index contributed by atoms with van der Waals surface area (Å²) in [6.45, 7) is 8.02. The highest BCUT2D eigenvalue weighted by Crippen LogP contribution is 2.38. The van der Waals surface area contributed by atoms with Crippen LogP contribution in [0.4, 0.5) is 0 Å². The van der Waals surface area contributed by atoms with E-state index in [9.17, 15) is 5.11 Å². The van der Waals surface area contributed by atoms with Gasteiger partial charge in [0, 0.05) is 42.0 Å². The van der Waals surface area contributed by atoms with Gasteiger partial charge in [0.15, 0.2) is 5.96 Å². The highest BCUT2D eigenvalue weighted by molar-refractivity contribution is 7.12. The van der Waals surface area contributed by atoms with Crippen molar-refractivity contribution in [1.29, 1.82) is 0 Å². The summed E-state index contributed by atoms with van der Waals surface area (Å²) < 4.78 is 5.56. The number of rotatable bonds is 6. The van der Waals surface area contributed by atoms with E-state index >= 15 is 0 Å². The van der Waals surface area contributed by atoms with Gasteiger partial charge in [0.1, 0.15) is 0 Å². The van der Waals surface area contributed by atoms with E-state index in [4.69, 9.17) is 4.74 Å². The molecule has 6 heteroatoms. The maximum atomic E-state index is 9.36. The lowest BCUT2D eigenvalue weighted by molar-refractivity contribution is 0.127. The molecule has 3 N–H and O–H groups in total. The van der Waals surface area contributed by atoms with Crippen LogP contribution in [0.1, 0.15) is 48.4 Å². The summed E-state index contributed by atoms with van der Waals surface area (Å²) in [5, 5.41) is 16.2. The lowest BCUT2D eigenvalue weighted by atomic mass is 9.77. The minimum absolute atomic E-state index is 0.0278. The molecule has 5 nitrogen and oxygen atoms in total. The molecule has 1 aliphatic carbocycles. The Kier molecular flexibility index (Phi) is 6.25. The van der Waals surface area contributed by atoms with E-state index < -0.39 is 0 Å². The van der Waals surface area contributed by atoms with Crippen LogP contribution in [0.15, 0.2) is 11.1 Å². The van der Waals surface area contributed by atoms with Crippen LogP contribution < -0.4 is 10.6 Å². The number of thiophene rings is 1. The van der Waals surface area contributed by atoms with E-state index in [-0.39, 0.29) is 12.0 Å². The molecule has 1 fully saturated rings. The molecule has 0 spiro atoms. The van der Waals surface area contributed by atoms with Gasteiger partial charge in [-0.1, -0.05) is 13.8 Å². The van der Waals surface area contributed by atoms with E-state index in [2.05, 4.69) is 35.5 Å². The van der Waals surface area contributed by atoms with Gasteiger partial charge in [0.2, 0.25) is 0 Å². The Morgan fingerprint density at radius 1 is 1.35 bits per heavy atom. The third kappa shape index (κ3) is 4.78. The number of aliphatic imine (C=N–C) groups is 1. The predicted octanol–water partition coefficient (Wildman–Crippen LogP) is 2.72. The van der Waals surface area contributed by atoms with E-state index in [1.807, 2.05) is 11.3 Å². The molecule has 1 aliphatic heterocycles. The molecule has 146 valence electrons. The van der Waals surface area contributed by atoms with Crippen molar-refractivity contribution in [3.63, 3.8) is 0 Å². The van der Waals surface area contributed by atoms with Gasteiger partial charge in [-0.05, 0) is 49.1 Å². The fourth-order valence-electron chi connectivity index (χ4n) is 4.01. The Morgan fingerprint density at radius 2 is 2.19 bits per heavy atom. The van der Waals surface area contributed by atoms with Gasteiger partial charge in [-0.15, -0.1) is 11.3 Å². The first kappa shape index (κ1) is 19.6. The molecule has 1 saturated heterocycles. The predicted molar refractivity (Wildman–Crippen MR) is 108 cm³/mol. The molecular weight excluding hydrogens is 346 g/mol. The molecule has 2 heterocycles. The summed E-state index contributed by atoms with van der Waals surface area (Å²) in [6, 6.07) is 2.37. The molecule has 0 radical (unpaired) electrons. The SMILES string of the molecule is CN=C(NCc1cc2c(s1)CCC(C)(C)C2)NCC1(CCO)CCOC1. The Labute approximate surface area is 161 Å². The number of nitrogens with zero attached hydrogens (tertiary/aromatic N) is 1. The number of ether oxygens (including phenoxy) is 1. The summed E-state index contributed by atoms with van der Waals surface area (Å²) in [6.07, 6.45) is 5.44. The topological polar surface area (TPSA) is 65.9 Å². The number of guanidine groups is 1. The first-order valence-corrected chi connectivity index (χ1v) is 10.5. The van der Waals surface area contributed by atoms with E-state index in [0.29, 0.717) is 12.0 Å². The molecule has 3 rings (SSSR count). The van der Waals surface area contributed by atoms with E-state index in [0.717, 1.165) is 38.5 Å². The standard InChI is InChI=1S/C20H33N3O2S/c1-19(2)5-4-17-15(11-19)10-16(26-17)12-22-18(21-3)23-13-20(6-8-24)7-9-25-14-20/h10,24H,4-9,11-14H2,1-3H3,(H2,21,22,23). The lowest BCUT2D eigenvalue weighted by Crippen LogP contribution is -2.44. The van der Waals surface area contributed by atoms with Crippen molar-refractivity contribution in [3.8, 4) is 0 Å². The van der Waals surface area contributed by atoms with Crippen LogP contribution in [0.3, 0.4) is 0 Å². The number of fused-ring (bicyclic) bond motifs is 1. The summed E-state index contributed by atoms with van der Waals surface area (Å²) in [4.78, 5) is 7.30. The molecule has 2 aliphatic rings. The van der Waals surface area contributed by atoms with Crippen LogP contribution in [-0.2, 0) is 24.1 Å². The van der Waals surface area contributed by atoms with Crippen LogP contribution in [0.2, 0.25) is 0 Å². The van der Waals surface area contributed by atoms with Crippen molar-refractivity contribution >= 4 is 17.3 Å². The molecule has 0 aromatic carbocycles. The second-order valence-electron chi connectivity index (χ2n) is 8.56. The van der Waals surface area contributed by atoms with Crippen molar-refractivity contribution in [1.82, 2.24) is 10.6 Å². The van der Waals surface area contributed by atoms with Gasteiger partial charge in [0.05, 0.1) is 13.2 Å². The Morgan fingerprint density at radius 3 is 2.88 bits per heavy atom. The summed E-state index contributed by atoms with van der Waals surface area (Å²) in [5.41, 5.74) is 2.00. The zero-order chi connectivity index (χ0) is 18.6. The van der Waals surface area contributed by atoms with E-state index in [1.165, 1.54) is 29.7 Å². The smallest absolute Gasteiger partial charge is 0.191 e. The fourth-order valence-corrected chi connectivity index (χ4v) is 5.13. The number of hydrogen-bond acceptors (Lipinski definition) is 4.